The number of pyridine rings is 1. The van der Waals surface area contributed by atoms with E-state index in [-0.39, 0.29) is 16.6 Å². The summed E-state index contributed by atoms with van der Waals surface area (Å²) in [6, 6.07) is 1.66. The number of H-pyrrole nitrogens is 1. The molecule has 0 radical (unpaired) electrons. The highest BCUT2D eigenvalue weighted by atomic mass is 35.5. The summed E-state index contributed by atoms with van der Waals surface area (Å²) in [7, 11) is 0. The smallest absolute Gasteiger partial charge is 0.266 e. The summed E-state index contributed by atoms with van der Waals surface area (Å²) in [5.74, 6) is 0.774. The number of aromatic nitrogens is 1. The van der Waals surface area contributed by atoms with Gasteiger partial charge in [-0.2, -0.15) is 0 Å². The first-order chi connectivity index (χ1) is 6.66. The molecule has 1 aromatic heterocycles. The van der Waals surface area contributed by atoms with Gasteiger partial charge in [0, 0.05) is 12.2 Å². The second kappa shape index (κ2) is 3.75. The van der Waals surface area contributed by atoms with Crippen molar-refractivity contribution in [2.45, 2.75) is 25.3 Å². The van der Waals surface area contributed by atoms with Crippen molar-refractivity contribution < 1.29 is 0 Å². The van der Waals surface area contributed by atoms with Gasteiger partial charge in [0.05, 0.1) is 0 Å². The van der Waals surface area contributed by atoms with E-state index < -0.39 is 0 Å². The maximum Gasteiger partial charge on any atom is 0.266 e. The molecule has 14 heavy (non-hydrogen) atoms. The molecule has 3 N–H and O–H groups in total. The van der Waals surface area contributed by atoms with Gasteiger partial charge in [-0.05, 0) is 24.0 Å². The highest BCUT2D eigenvalue weighted by Crippen LogP contribution is 2.36. The van der Waals surface area contributed by atoms with Gasteiger partial charge in [0.25, 0.3) is 5.56 Å². The molecule has 0 aliphatic heterocycles. The van der Waals surface area contributed by atoms with E-state index in [1.807, 2.05) is 0 Å². The minimum Gasteiger partial charge on any atom is -0.327 e. The van der Waals surface area contributed by atoms with Crippen molar-refractivity contribution in [2.75, 3.05) is 0 Å². The molecule has 1 saturated carbocycles. The van der Waals surface area contributed by atoms with Crippen LogP contribution in [0.4, 0.5) is 0 Å². The zero-order valence-electron chi connectivity index (χ0n) is 7.79. The van der Waals surface area contributed by atoms with Gasteiger partial charge in [0.15, 0.2) is 0 Å². The summed E-state index contributed by atoms with van der Waals surface area (Å²) in [5, 5.41) is 0.216. The van der Waals surface area contributed by atoms with Crippen molar-refractivity contribution in [1.29, 1.82) is 0 Å². The molecule has 76 valence electrons. The first-order valence-electron chi connectivity index (χ1n) is 4.80. The Kier molecular flexibility index (Phi) is 2.61. The topological polar surface area (TPSA) is 58.9 Å². The van der Waals surface area contributed by atoms with Crippen LogP contribution in [0, 0.1) is 5.92 Å². The third-order valence-electron chi connectivity index (χ3n) is 2.59. The van der Waals surface area contributed by atoms with Crippen LogP contribution in [-0.4, -0.2) is 4.98 Å². The predicted octanol–water partition coefficient (Wildman–Crippen LogP) is 1.83. The van der Waals surface area contributed by atoms with E-state index in [2.05, 4.69) is 4.98 Å². The Morgan fingerprint density at radius 2 is 2.36 bits per heavy atom. The molecule has 0 amide bonds. The Morgan fingerprint density at radius 3 is 2.93 bits per heavy atom. The van der Waals surface area contributed by atoms with Gasteiger partial charge in [-0.25, -0.2) is 0 Å². The van der Waals surface area contributed by atoms with Crippen LogP contribution >= 0.6 is 11.6 Å². The van der Waals surface area contributed by atoms with Crippen molar-refractivity contribution in [3.8, 4) is 0 Å². The molecular weight excluding hydrogens is 200 g/mol. The van der Waals surface area contributed by atoms with Crippen LogP contribution in [0.2, 0.25) is 5.02 Å². The molecule has 1 fully saturated rings. The van der Waals surface area contributed by atoms with E-state index in [0.29, 0.717) is 0 Å². The first-order valence-corrected chi connectivity index (χ1v) is 5.18. The molecule has 1 unspecified atom stereocenters. The number of nitrogens with two attached hydrogens (primary N) is 1. The average Bonchev–Trinajstić information content (AvgIpc) is 2.93. The van der Waals surface area contributed by atoms with Gasteiger partial charge >= 0.3 is 0 Å². The number of rotatable bonds is 3. The minimum atomic E-state index is -0.256. The number of nitrogens with one attached hydrogen (secondary N) is 1. The van der Waals surface area contributed by atoms with E-state index in [1.54, 1.807) is 12.3 Å². The Balaban J connectivity index is 2.13. The zero-order valence-corrected chi connectivity index (χ0v) is 8.55. The van der Waals surface area contributed by atoms with Gasteiger partial charge in [-0.15, -0.1) is 0 Å². The maximum atomic E-state index is 11.0. The summed E-state index contributed by atoms with van der Waals surface area (Å²) in [4.78, 5) is 13.6. The quantitative estimate of drug-likeness (QED) is 0.803. The van der Waals surface area contributed by atoms with Crippen LogP contribution in [0.1, 0.15) is 30.9 Å². The van der Waals surface area contributed by atoms with E-state index in [4.69, 9.17) is 17.3 Å². The highest BCUT2D eigenvalue weighted by molar-refractivity contribution is 6.30. The maximum absolute atomic E-state index is 11.0. The van der Waals surface area contributed by atoms with Crippen molar-refractivity contribution in [1.82, 2.24) is 4.98 Å². The molecule has 4 heteroatoms. The normalized spacial score (nSPS) is 18.1. The highest BCUT2D eigenvalue weighted by Gasteiger charge is 2.24. The van der Waals surface area contributed by atoms with Crippen LogP contribution in [0.3, 0.4) is 0 Å². The molecule has 1 aliphatic carbocycles. The number of hydrogen-bond acceptors (Lipinski definition) is 2. The number of hydrogen-bond donors (Lipinski definition) is 2. The summed E-state index contributed by atoms with van der Waals surface area (Å²) in [6.07, 6.45) is 5.21. The molecule has 0 spiro atoms. The fraction of sp³-hybridized carbons (Fsp3) is 0.500. The minimum absolute atomic E-state index is 0.00292. The van der Waals surface area contributed by atoms with Gasteiger partial charge < -0.3 is 10.7 Å². The van der Waals surface area contributed by atoms with Crippen molar-refractivity contribution in [3.63, 3.8) is 0 Å². The molecule has 0 saturated heterocycles. The van der Waals surface area contributed by atoms with Gasteiger partial charge in [0.2, 0.25) is 0 Å². The Labute approximate surface area is 87.3 Å². The molecule has 0 bridgehead atoms. The molecule has 3 nitrogen and oxygen atoms in total. The van der Waals surface area contributed by atoms with Crippen LogP contribution in [0.25, 0.3) is 0 Å². The van der Waals surface area contributed by atoms with E-state index >= 15 is 0 Å². The molecule has 1 atom stereocenters. The van der Waals surface area contributed by atoms with Crippen LogP contribution < -0.4 is 11.3 Å². The van der Waals surface area contributed by atoms with Crippen LogP contribution in [0.5, 0.6) is 0 Å². The predicted molar refractivity (Wildman–Crippen MR) is 56.3 cm³/mol. The summed E-state index contributed by atoms with van der Waals surface area (Å²) in [6.45, 7) is 0. The van der Waals surface area contributed by atoms with Crippen LogP contribution in [0.15, 0.2) is 17.1 Å². The number of aromatic amines is 1. The monoisotopic (exact) mass is 212 g/mol. The molecular formula is C10H13ClN2O. The SMILES string of the molecule is NC(CC1CC1)c1c[nH]c(=O)c(Cl)c1. The van der Waals surface area contributed by atoms with Crippen molar-refractivity contribution >= 4 is 11.6 Å². The van der Waals surface area contributed by atoms with E-state index in [9.17, 15) is 4.79 Å². The summed E-state index contributed by atoms with van der Waals surface area (Å²) < 4.78 is 0. The third kappa shape index (κ3) is 2.16. The second-order valence-corrected chi connectivity index (χ2v) is 4.30. The van der Waals surface area contributed by atoms with E-state index in [0.717, 1.165) is 17.9 Å². The molecule has 1 aliphatic rings. The molecule has 0 aromatic carbocycles. The fourth-order valence-corrected chi connectivity index (χ4v) is 1.71. The lowest BCUT2D eigenvalue weighted by Gasteiger charge is -2.10. The first kappa shape index (κ1) is 9.74. The van der Waals surface area contributed by atoms with Gasteiger partial charge in [0.1, 0.15) is 5.02 Å². The average molecular weight is 213 g/mol. The van der Waals surface area contributed by atoms with Crippen molar-refractivity contribution in [3.05, 3.63) is 33.2 Å². The Bertz CT molecular complexity index is 384. The fourth-order valence-electron chi connectivity index (χ4n) is 1.53. The third-order valence-corrected chi connectivity index (χ3v) is 2.87. The standard InChI is InChI=1S/C10H13ClN2O/c11-8-4-7(5-13-10(8)14)9(12)3-6-1-2-6/h4-6,9H,1-3,12H2,(H,13,14). The lowest BCUT2D eigenvalue weighted by atomic mass is 10.0. The lowest BCUT2D eigenvalue weighted by molar-refractivity contribution is 0.595. The van der Waals surface area contributed by atoms with Crippen LogP contribution in [-0.2, 0) is 0 Å². The Morgan fingerprint density at radius 1 is 1.64 bits per heavy atom. The number of halogens is 1. The lowest BCUT2D eigenvalue weighted by Crippen LogP contribution is -2.14. The largest absolute Gasteiger partial charge is 0.327 e. The zero-order chi connectivity index (χ0) is 10.1. The summed E-state index contributed by atoms with van der Waals surface area (Å²) in [5.41, 5.74) is 6.64. The molecule has 1 aromatic rings. The Hall–Kier alpha value is -0.800. The molecule has 1 heterocycles. The molecule has 2 rings (SSSR count). The van der Waals surface area contributed by atoms with Crippen molar-refractivity contribution in [2.24, 2.45) is 11.7 Å². The van der Waals surface area contributed by atoms with E-state index in [1.165, 1.54) is 12.8 Å². The van der Waals surface area contributed by atoms with Gasteiger partial charge in [-0.3, -0.25) is 4.79 Å². The van der Waals surface area contributed by atoms with Gasteiger partial charge in [-0.1, -0.05) is 24.4 Å². The summed E-state index contributed by atoms with van der Waals surface area (Å²) >= 11 is 5.71. The second-order valence-electron chi connectivity index (χ2n) is 3.90.